The van der Waals surface area contributed by atoms with E-state index < -0.39 is 0 Å². The summed E-state index contributed by atoms with van der Waals surface area (Å²) < 4.78 is 2.28. The van der Waals surface area contributed by atoms with Crippen LogP contribution in [0.3, 0.4) is 0 Å². The van der Waals surface area contributed by atoms with Crippen molar-refractivity contribution in [2.45, 2.75) is 51.0 Å². The van der Waals surface area contributed by atoms with Gasteiger partial charge in [-0.2, -0.15) is 0 Å². The maximum Gasteiger partial charge on any atom is 0.136 e. The Kier molecular flexibility index (Phi) is 2.67. The Balaban J connectivity index is 1.87. The van der Waals surface area contributed by atoms with Gasteiger partial charge in [-0.15, -0.1) is 10.2 Å². The Hall–Kier alpha value is -0.900. The maximum absolute atomic E-state index is 9.26. The Morgan fingerprint density at radius 3 is 2.75 bits per heavy atom. The molecule has 3 rings (SSSR count). The molecule has 0 aromatic carbocycles. The van der Waals surface area contributed by atoms with Gasteiger partial charge in [0.15, 0.2) is 0 Å². The molecular weight excluding hydrogens is 202 g/mol. The lowest BCUT2D eigenvalue weighted by atomic mass is 9.99. The molecule has 1 fully saturated rings. The average molecular weight is 221 g/mol. The fourth-order valence-electron chi connectivity index (χ4n) is 3.05. The summed E-state index contributed by atoms with van der Waals surface area (Å²) in [6.07, 6.45) is 7.22. The van der Waals surface area contributed by atoms with Crippen LogP contribution in [-0.2, 0) is 13.0 Å². The topological polar surface area (TPSA) is 50.9 Å². The highest BCUT2D eigenvalue weighted by molar-refractivity contribution is 5.06. The Labute approximate surface area is 95.7 Å². The van der Waals surface area contributed by atoms with Gasteiger partial charge in [-0.25, -0.2) is 0 Å². The number of fused-ring (bicyclic) bond motifs is 1. The first kappa shape index (κ1) is 10.3. The molecule has 4 heteroatoms. The number of aliphatic hydroxyl groups excluding tert-OH is 1. The van der Waals surface area contributed by atoms with Gasteiger partial charge < -0.3 is 9.67 Å². The van der Waals surface area contributed by atoms with Crippen molar-refractivity contribution in [1.82, 2.24) is 14.8 Å². The van der Waals surface area contributed by atoms with Crippen LogP contribution in [0.4, 0.5) is 0 Å². The highest BCUT2D eigenvalue weighted by Gasteiger charge is 2.27. The molecule has 16 heavy (non-hydrogen) atoms. The van der Waals surface area contributed by atoms with Crippen LogP contribution in [-0.4, -0.2) is 26.5 Å². The standard InChI is InChI=1S/C12H19N3O/c16-8-9-5-6-11-13-14-12(15(11)7-9)10-3-1-2-4-10/h9-10,16H,1-8H2. The van der Waals surface area contributed by atoms with E-state index in [2.05, 4.69) is 14.8 Å². The number of aryl methyl sites for hydroxylation is 1. The first-order valence-corrected chi connectivity index (χ1v) is 6.41. The van der Waals surface area contributed by atoms with E-state index in [1.165, 1.54) is 31.5 Å². The Morgan fingerprint density at radius 1 is 1.19 bits per heavy atom. The number of hydrogen-bond donors (Lipinski definition) is 1. The highest BCUT2D eigenvalue weighted by atomic mass is 16.3. The molecule has 0 radical (unpaired) electrons. The normalized spacial score (nSPS) is 25.9. The van der Waals surface area contributed by atoms with E-state index in [-0.39, 0.29) is 0 Å². The molecule has 0 spiro atoms. The van der Waals surface area contributed by atoms with Crippen molar-refractivity contribution in [2.75, 3.05) is 6.61 Å². The zero-order valence-corrected chi connectivity index (χ0v) is 9.60. The van der Waals surface area contributed by atoms with E-state index >= 15 is 0 Å². The van der Waals surface area contributed by atoms with Gasteiger partial charge in [0.1, 0.15) is 11.6 Å². The molecule has 0 amide bonds. The molecule has 88 valence electrons. The molecule has 1 unspecified atom stereocenters. The summed E-state index contributed by atoms with van der Waals surface area (Å²) in [6, 6.07) is 0. The van der Waals surface area contributed by atoms with Crippen molar-refractivity contribution < 1.29 is 5.11 Å². The SMILES string of the molecule is OCC1CCc2nnc(C3CCCC3)n2C1. The summed E-state index contributed by atoms with van der Waals surface area (Å²) in [7, 11) is 0. The number of rotatable bonds is 2. The molecule has 0 saturated heterocycles. The number of hydrogen-bond acceptors (Lipinski definition) is 3. The third kappa shape index (κ3) is 1.65. The van der Waals surface area contributed by atoms with Gasteiger partial charge in [0.25, 0.3) is 0 Å². The zero-order chi connectivity index (χ0) is 11.0. The van der Waals surface area contributed by atoms with E-state index in [9.17, 15) is 5.11 Å². The van der Waals surface area contributed by atoms with Crippen molar-refractivity contribution in [2.24, 2.45) is 5.92 Å². The fraction of sp³-hybridized carbons (Fsp3) is 0.833. The van der Waals surface area contributed by atoms with E-state index in [1.807, 2.05) is 0 Å². The second-order valence-corrected chi connectivity index (χ2v) is 5.15. The van der Waals surface area contributed by atoms with E-state index in [4.69, 9.17) is 0 Å². The van der Waals surface area contributed by atoms with Crippen LogP contribution in [0.15, 0.2) is 0 Å². The highest BCUT2D eigenvalue weighted by Crippen LogP contribution is 2.34. The lowest BCUT2D eigenvalue weighted by Gasteiger charge is -2.23. The summed E-state index contributed by atoms with van der Waals surface area (Å²) in [5, 5.41) is 17.9. The molecule has 1 saturated carbocycles. The van der Waals surface area contributed by atoms with Crippen molar-refractivity contribution in [3.63, 3.8) is 0 Å². The van der Waals surface area contributed by atoms with E-state index in [0.717, 1.165) is 25.2 Å². The number of aromatic nitrogens is 3. The van der Waals surface area contributed by atoms with Gasteiger partial charge >= 0.3 is 0 Å². The monoisotopic (exact) mass is 221 g/mol. The minimum Gasteiger partial charge on any atom is -0.396 e. The van der Waals surface area contributed by atoms with Gasteiger partial charge in [-0.05, 0) is 19.3 Å². The third-order valence-corrected chi connectivity index (χ3v) is 4.05. The largest absolute Gasteiger partial charge is 0.396 e. The molecule has 2 aliphatic rings. The quantitative estimate of drug-likeness (QED) is 0.823. The first-order valence-electron chi connectivity index (χ1n) is 6.41. The molecular formula is C12H19N3O. The molecule has 1 N–H and O–H groups in total. The predicted molar refractivity (Wildman–Crippen MR) is 60.1 cm³/mol. The molecule has 1 aromatic rings. The summed E-state index contributed by atoms with van der Waals surface area (Å²) in [4.78, 5) is 0. The summed E-state index contributed by atoms with van der Waals surface area (Å²) in [5.41, 5.74) is 0. The van der Waals surface area contributed by atoms with Crippen molar-refractivity contribution >= 4 is 0 Å². The van der Waals surface area contributed by atoms with Gasteiger partial charge in [0, 0.05) is 31.4 Å². The van der Waals surface area contributed by atoms with Crippen LogP contribution in [0.2, 0.25) is 0 Å². The lowest BCUT2D eigenvalue weighted by Crippen LogP contribution is -2.24. The molecule has 1 aromatic heterocycles. The molecule has 2 heterocycles. The van der Waals surface area contributed by atoms with Crippen LogP contribution in [0.25, 0.3) is 0 Å². The van der Waals surface area contributed by atoms with Gasteiger partial charge in [0.2, 0.25) is 0 Å². The average Bonchev–Trinajstić information content (AvgIpc) is 2.96. The van der Waals surface area contributed by atoms with Gasteiger partial charge in [0.05, 0.1) is 0 Å². The third-order valence-electron chi connectivity index (χ3n) is 4.05. The zero-order valence-electron chi connectivity index (χ0n) is 9.60. The van der Waals surface area contributed by atoms with Crippen LogP contribution in [0.1, 0.15) is 49.7 Å². The minimum absolute atomic E-state index is 0.293. The van der Waals surface area contributed by atoms with E-state index in [0.29, 0.717) is 18.4 Å². The molecule has 1 aliphatic carbocycles. The van der Waals surface area contributed by atoms with Crippen LogP contribution in [0.5, 0.6) is 0 Å². The van der Waals surface area contributed by atoms with Gasteiger partial charge in [-0.3, -0.25) is 0 Å². The van der Waals surface area contributed by atoms with Crippen molar-refractivity contribution in [1.29, 1.82) is 0 Å². The molecule has 1 atom stereocenters. The van der Waals surface area contributed by atoms with Crippen LogP contribution < -0.4 is 0 Å². The minimum atomic E-state index is 0.293. The summed E-state index contributed by atoms with van der Waals surface area (Å²) in [5.74, 6) is 3.35. The molecule has 4 nitrogen and oxygen atoms in total. The molecule has 1 aliphatic heterocycles. The van der Waals surface area contributed by atoms with Crippen molar-refractivity contribution in [3.8, 4) is 0 Å². The second-order valence-electron chi connectivity index (χ2n) is 5.15. The maximum atomic E-state index is 9.26. The summed E-state index contributed by atoms with van der Waals surface area (Å²) >= 11 is 0. The smallest absolute Gasteiger partial charge is 0.136 e. The van der Waals surface area contributed by atoms with Crippen molar-refractivity contribution in [3.05, 3.63) is 11.6 Å². The predicted octanol–water partition coefficient (Wildman–Crippen LogP) is 1.49. The second kappa shape index (κ2) is 4.17. The molecule has 0 bridgehead atoms. The fourth-order valence-corrected chi connectivity index (χ4v) is 3.05. The number of nitrogens with zero attached hydrogens (tertiary/aromatic N) is 3. The van der Waals surface area contributed by atoms with E-state index in [1.54, 1.807) is 0 Å². The Bertz CT molecular complexity index is 368. The lowest BCUT2D eigenvalue weighted by molar-refractivity contribution is 0.189. The van der Waals surface area contributed by atoms with Gasteiger partial charge in [-0.1, -0.05) is 12.8 Å². The van der Waals surface area contributed by atoms with Crippen LogP contribution in [0, 0.1) is 5.92 Å². The van der Waals surface area contributed by atoms with Crippen LogP contribution >= 0.6 is 0 Å². The Morgan fingerprint density at radius 2 is 2.00 bits per heavy atom. The number of aliphatic hydroxyl groups is 1. The summed E-state index contributed by atoms with van der Waals surface area (Å²) in [6.45, 7) is 1.21. The first-order chi connectivity index (χ1) is 7.88.